The van der Waals surface area contributed by atoms with Crippen molar-refractivity contribution in [1.29, 1.82) is 0 Å². The summed E-state index contributed by atoms with van der Waals surface area (Å²) in [5.74, 6) is 0.0468. The number of rotatable bonds is 1. The molecule has 6 nitrogen and oxygen atoms in total. The lowest BCUT2D eigenvalue weighted by molar-refractivity contribution is -0.113. The highest BCUT2D eigenvalue weighted by Crippen LogP contribution is 2.42. The molecule has 0 radical (unpaired) electrons. The van der Waals surface area contributed by atoms with Crippen LogP contribution in [0.3, 0.4) is 0 Å². The standard InChI is InChI=1S/C17H21N3O3/c18-11-1-2-15-13(9-11)16(14-10-23-8-5-19-14)17(21)20(15)12-3-6-22-7-4-12/h1-2,9,12,19H,3-8,10,18H2/b16-14-. The van der Waals surface area contributed by atoms with Gasteiger partial charge in [0.1, 0.15) is 0 Å². The van der Waals surface area contributed by atoms with E-state index in [1.54, 1.807) is 0 Å². The van der Waals surface area contributed by atoms with Crippen molar-refractivity contribution in [2.45, 2.75) is 18.9 Å². The molecule has 0 saturated carbocycles. The van der Waals surface area contributed by atoms with Crippen LogP contribution < -0.4 is 16.0 Å². The monoisotopic (exact) mass is 315 g/mol. The third-order valence-corrected chi connectivity index (χ3v) is 4.67. The van der Waals surface area contributed by atoms with E-state index in [2.05, 4.69) is 5.32 Å². The number of hydrogen-bond donors (Lipinski definition) is 2. The molecule has 0 unspecified atom stereocenters. The molecule has 6 heteroatoms. The molecule has 1 aromatic carbocycles. The molecular formula is C17H21N3O3. The van der Waals surface area contributed by atoms with Crippen molar-refractivity contribution in [3.8, 4) is 0 Å². The van der Waals surface area contributed by atoms with E-state index in [-0.39, 0.29) is 11.9 Å². The minimum atomic E-state index is 0.0468. The maximum Gasteiger partial charge on any atom is 0.261 e. The van der Waals surface area contributed by atoms with Gasteiger partial charge in [0.2, 0.25) is 0 Å². The van der Waals surface area contributed by atoms with Crippen LogP contribution in [0.1, 0.15) is 18.4 Å². The Labute approximate surface area is 135 Å². The van der Waals surface area contributed by atoms with Gasteiger partial charge < -0.3 is 25.4 Å². The van der Waals surface area contributed by atoms with Gasteiger partial charge in [0.05, 0.1) is 30.2 Å². The Bertz CT molecular complexity index is 657. The predicted molar refractivity (Wildman–Crippen MR) is 87.9 cm³/mol. The molecule has 122 valence electrons. The average Bonchev–Trinajstić information content (AvgIpc) is 2.87. The highest BCUT2D eigenvalue weighted by molar-refractivity contribution is 6.33. The van der Waals surface area contributed by atoms with E-state index in [0.29, 0.717) is 37.7 Å². The molecule has 1 amide bonds. The molecule has 1 aromatic rings. The van der Waals surface area contributed by atoms with Crippen LogP contribution in [0.2, 0.25) is 0 Å². The van der Waals surface area contributed by atoms with Crippen molar-refractivity contribution in [3.05, 3.63) is 29.5 Å². The molecule has 2 fully saturated rings. The summed E-state index contributed by atoms with van der Waals surface area (Å²) < 4.78 is 11.0. The fraction of sp³-hybridized carbons (Fsp3) is 0.471. The zero-order valence-corrected chi connectivity index (χ0v) is 13.0. The van der Waals surface area contributed by atoms with Crippen LogP contribution in [-0.4, -0.2) is 44.9 Å². The fourth-order valence-electron chi connectivity index (χ4n) is 3.57. The van der Waals surface area contributed by atoms with Crippen molar-refractivity contribution in [2.24, 2.45) is 0 Å². The number of nitrogens with two attached hydrogens (primary N) is 1. The molecule has 0 aromatic heterocycles. The molecule has 3 N–H and O–H groups in total. The van der Waals surface area contributed by atoms with Crippen LogP contribution in [0.15, 0.2) is 23.9 Å². The summed E-state index contributed by atoms with van der Waals surface area (Å²) >= 11 is 0. The third-order valence-electron chi connectivity index (χ3n) is 4.67. The van der Waals surface area contributed by atoms with E-state index < -0.39 is 0 Å². The Kier molecular flexibility index (Phi) is 3.71. The minimum Gasteiger partial charge on any atom is -0.399 e. The van der Waals surface area contributed by atoms with Gasteiger partial charge in [-0.05, 0) is 31.0 Å². The molecule has 0 aliphatic carbocycles. The Balaban J connectivity index is 1.80. The maximum atomic E-state index is 13.2. The lowest BCUT2D eigenvalue weighted by Gasteiger charge is -2.31. The van der Waals surface area contributed by atoms with E-state index in [4.69, 9.17) is 15.2 Å². The number of fused-ring (bicyclic) bond motifs is 1. The number of carbonyl (C=O) groups is 1. The summed E-state index contributed by atoms with van der Waals surface area (Å²) in [5, 5.41) is 3.32. The number of nitrogens with zero attached hydrogens (tertiary/aromatic N) is 1. The van der Waals surface area contributed by atoms with Gasteiger partial charge in [0.25, 0.3) is 5.91 Å². The van der Waals surface area contributed by atoms with Gasteiger partial charge in [-0.3, -0.25) is 4.79 Å². The molecule has 0 bridgehead atoms. The predicted octanol–water partition coefficient (Wildman–Crippen LogP) is 1.13. The Morgan fingerprint density at radius 2 is 2.00 bits per heavy atom. The molecule has 2 saturated heterocycles. The molecule has 3 heterocycles. The van der Waals surface area contributed by atoms with Crippen molar-refractivity contribution < 1.29 is 14.3 Å². The largest absolute Gasteiger partial charge is 0.399 e. The summed E-state index contributed by atoms with van der Waals surface area (Å²) in [6.07, 6.45) is 1.73. The summed E-state index contributed by atoms with van der Waals surface area (Å²) in [6, 6.07) is 5.89. The first-order valence-corrected chi connectivity index (χ1v) is 8.11. The van der Waals surface area contributed by atoms with Crippen LogP contribution in [0.4, 0.5) is 11.4 Å². The molecule has 3 aliphatic heterocycles. The number of carbonyl (C=O) groups excluding carboxylic acids is 1. The van der Waals surface area contributed by atoms with Crippen LogP contribution in [0.5, 0.6) is 0 Å². The van der Waals surface area contributed by atoms with Gasteiger partial charge in [0, 0.05) is 37.1 Å². The summed E-state index contributed by atoms with van der Waals surface area (Å²) in [7, 11) is 0. The SMILES string of the molecule is Nc1ccc2c(c1)/C(=C1\COCCN1)C(=O)N2C1CCOCC1. The third kappa shape index (κ3) is 2.48. The first-order chi connectivity index (χ1) is 11.3. The maximum absolute atomic E-state index is 13.2. The quantitative estimate of drug-likeness (QED) is 0.600. The van der Waals surface area contributed by atoms with Crippen molar-refractivity contribution in [3.63, 3.8) is 0 Å². The van der Waals surface area contributed by atoms with E-state index >= 15 is 0 Å². The first-order valence-electron chi connectivity index (χ1n) is 8.11. The van der Waals surface area contributed by atoms with Crippen LogP contribution >= 0.6 is 0 Å². The summed E-state index contributed by atoms with van der Waals surface area (Å²) in [6.45, 7) is 3.23. The molecule has 23 heavy (non-hydrogen) atoms. The number of morpholine rings is 1. The smallest absolute Gasteiger partial charge is 0.261 e. The van der Waals surface area contributed by atoms with Crippen molar-refractivity contribution in [2.75, 3.05) is 43.6 Å². The molecule has 0 spiro atoms. The second-order valence-electron chi connectivity index (χ2n) is 6.13. The van der Waals surface area contributed by atoms with Gasteiger partial charge in [-0.15, -0.1) is 0 Å². The van der Waals surface area contributed by atoms with Gasteiger partial charge in [-0.1, -0.05) is 0 Å². The molecular weight excluding hydrogens is 294 g/mol. The number of amides is 1. The first kappa shape index (κ1) is 14.5. The van der Waals surface area contributed by atoms with Crippen LogP contribution in [0, 0.1) is 0 Å². The second kappa shape index (κ2) is 5.86. The summed E-state index contributed by atoms with van der Waals surface area (Å²) in [5.41, 5.74) is 10.1. The lowest BCUT2D eigenvalue weighted by Crippen LogP contribution is -2.42. The molecule has 0 atom stereocenters. The number of nitrogens with one attached hydrogen (secondary N) is 1. The Morgan fingerprint density at radius 1 is 1.17 bits per heavy atom. The average molecular weight is 315 g/mol. The normalized spacial score (nSPS) is 25.4. The number of anilines is 2. The van der Waals surface area contributed by atoms with E-state index in [9.17, 15) is 4.79 Å². The zero-order chi connectivity index (χ0) is 15.8. The minimum absolute atomic E-state index is 0.0468. The van der Waals surface area contributed by atoms with Crippen LogP contribution in [-0.2, 0) is 14.3 Å². The Morgan fingerprint density at radius 3 is 2.74 bits per heavy atom. The van der Waals surface area contributed by atoms with Gasteiger partial charge in [-0.25, -0.2) is 0 Å². The highest BCUT2D eigenvalue weighted by atomic mass is 16.5. The van der Waals surface area contributed by atoms with Crippen molar-refractivity contribution >= 4 is 22.9 Å². The number of ether oxygens (including phenoxy) is 2. The highest BCUT2D eigenvalue weighted by Gasteiger charge is 2.39. The lowest BCUT2D eigenvalue weighted by atomic mass is 10.0. The van der Waals surface area contributed by atoms with E-state index in [1.807, 2.05) is 23.1 Å². The number of benzene rings is 1. The topological polar surface area (TPSA) is 76.8 Å². The summed E-state index contributed by atoms with van der Waals surface area (Å²) in [4.78, 5) is 15.1. The van der Waals surface area contributed by atoms with Crippen LogP contribution in [0.25, 0.3) is 5.57 Å². The van der Waals surface area contributed by atoms with Gasteiger partial charge in [-0.2, -0.15) is 0 Å². The van der Waals surface area contributed by atoms with Crippen molar-refractivity contribution in [1.82, 2.24) is 5.32 Å². The molecule has 3 aliphatic rings. The van der Waals surface area contributed by atoms with E-state index in [1.165, 1.54) is 0 Å². The van der Waals surface area contributed by atoms with Gasteiger partial charge >= 0.3 is 0 Å². The second-order valence-corrected chi connectivity index (χ2v) is 6.13. The van der Waals surface area contributed by atoms with Gasteiger partial charge in [0.15, 0.2) is 0 Å². The fourth-order valence-corrected chi connectivity index (χ4v) is 3.57. The molecule has 4 rings (SSSR count). The zero-order valence-electron chi connectivity index (χ0n) is 13.0. The number of hydrogen-bond acceptors (Lipinski definition) is 5. The number of nitrogen functional groups attached to an aromatic ring is 1. The van der Waals surface area contributed by atoms with E-state index in [0.717, 1.165) is 36.3 Å². The Hall–Kier alpha value is -2.05.